The molecular formula is C5H12N2. The van der Waals surface area contributed by atoms with Crippen molar-refractivity contribution in [2.24, 2.45) is 0 Å². The molecule has 0 aromatic heterocycles. The maximum Gasteiger partial charge on any atom is 0.0204 e. The highest BCUT2D eigenvalue weighted by molar-refractivity contribution is 4.78. The molecule has 0 aliphatic carbocycles. The van der Waals surface area contributed by atoms with Crippen molar-refractivity contribution < 1.29 is 0 Å². The standard InChI is InChI=1S/C5H12N2/c1-6-4-5-2-3-7-5/h5-7H,2-4H2,1H3. The first kappa shape index (κ1) is 5.06. The highest BCUT2D eigenvalue weighted by Crippen LogP contribution is 1.97. The van der Waals surface area contributed by atoms with Crippen LogP contribution in [-0.2, 0) is 0 Å². The molecule has 42 valence electrons. The second-order valence-electron chi connectivity index (χ2n) is 2.00. The van der Waals surface area contributed by atoms with Crippen molar-refractivity contribution in [1.29, 1.82) is 0 Å². The molecule has 0 bridgehead atoms. The summed E-state index contributed by atoms with van der Waals surface area (Å²) in [5, 5.41) is 6.39. The third-order valence-corrected chi connectivity index (χ3v) is 1.38. The highest BCUT2D eigenvalue weighted by Gasteiger charge is 2.13. The molecule has 0 aromatic rings. The van der Waals surface area contributed by atoms with Crippen LogP contribution in [0, 0.1) is 0 Å². The smallest absolute Gasteiger partial charge is 0.0204 e. The van der Waals surface area contributed by atoms with E-state index in [0.29, 0.717) is 0 Å². The van der Waals surface area contributed by atoms with E-state index in [4.69, 9.17) is 0 Å². The molecule has 0 aromatic carbocycles. The summed E-state index contributed by atoms with van der Waals surface area (Å²) < 4.78 is 0. The average Bonchev–Trinajstić information content (AvgIpc) is 1.55. The van der Waals surface area contributed by atoms with Crippen LogP contribution in [0.1, 0.15) is 6.42 Å². The van der Waals surface area contributed by atoms with Gasteiger partial charge in [-0.15, -0.1) is 0 Å². The molecule has 2 nitrogen and oxygen atoms in total. The molecule has 0 saturated carbocycles. The number of hydrogen-bond donors (Lipinski definition) is 2. The summed E-state index contributed by atoms with van der Waals surface area (Å²) in [6, 6.07) is 0.769. The molecule has 0 radical (unpaired) electrons. The van der Waals surface area contributed by atoms with Crippen molar-refractivity contribution in [1.82, 2.24) is 10.6 Å². The van der Waals surface area contributed by atoms with Gasteiger partial charge in [-0.25, -0.2) is 0 Å². The molecule has 0 amide bonds. The lowest BCUT2D eigenvalue weighted by atomic mass is 10.1. The predicted octanol–water partition coefficient (Wildman–Crippen LogP) is -0.432. The van der Waals surface area contributed by atoms with E-state index in [1.807, 2.05) is 7.05 Å². The molecule has 1 saturated heterocycles. The van der Waals surface area contributed by atoms with Gasteiger partial charge in [0.2, 0.25) is 0 Å². The van der Waals surface area contributed by atoms with Gasteiger partial charge in [-0.3, -0.25) is 0 Å². The maximum atomic E-state index is 3.28. The SMILES string of the molecule is CNCC1CCN1. The van der Waals surface area contributed by atoms with Crippen LogP contribution in [0.25, 0.3) is 0 Å². The fourth-order valence-electron chi connectivity index (χ4n) is 0.769. The summed E-state index contributed by atoms with van der Waals surface area (Å²) >= 11 is 0. The summed E-state index contributed by atoms with van der Waals surface area (Å²) in [5.41, 5.74) is 0. The number of likely N-dealkylation sites (N-methyl/N-ethyl adjacent to an activating group) is 1. The fraction of sp³-hybridized carbons (Fsp3) is 1.00. The minimum absolute atomic E-state index is 0.769. The van der Waals surface area contributed by atoms with E-state index in [1.165, 1.54) is 13.0 Å². The first-order valence-corrected chi connectivity index (χ1v) is 2.81. The Bertz CT molecular complexity index is 50.0. The van der Waals surface area contributed by atoms with Gasteiger partial charge in [0.05, 0.1) is 0 Å². The lowest BCUT2D eigenvalue weighted by Crippen LogP contribution is -2.48. The van der Waals surface area contributed by atoms with Gasteiger partial charge in [-0.05, 0) is 20.0 Å². The Morgan fingerprint density at radius 2 is 2.57 bits per heavy atom. The van der Waals surface area contributed by atoms with Crippen LogP contribution in [0.5, 0.6) is 0 Å². The fourth-order valence-corrected chi connectivity index (χ4v) is 0.769. The Kier molecular flexibility index (Phi) is 1.65. The van der Waals surface area contributed by atoms with Crippen LogP contribution in [-0.4, -0.2) is 26.2 Å². The number of nitrogens with one attached hydrogen (secondary N) is 2. The second kappa shape index (κ2) is 2.28. The minimum atomic E-state index is 0.769. The van der Waals surface area contributed by atoms with Gasteiger partial charge < -0.3 is 10.6 Å². The number of rotatable bonds is 2. The summed E-state index contributed by atoms with van der Waals surface area (Å²) in [7, 11) is 1.99. The third-order valence-electron chi connectivity index (χ3n) is 1.38. The monoisotopic (exact) mass is 100 g/mol. The molecule has 2 heteroatoms. The number of hydrogen-bond acceptors (Lipinski definition) is 2. The van der Waals surface area contributed by atoms with Gasteiger partial charge in [0.1, 0.15) is 0 Å². The Morgan fingerprint density at radius 3 is 2.71 bits per heavy atom. The van der Waals surface area contributed by atoms with Gasteiger partial charge in [-0.2, -0.15) is 0 Å². The molecule has 2 N–H and O–H groups in total. The largest absolute Gasteiger partial charge is 0.318 e. The normalized spacial score (nSPS) is 29.6. The van der Waals surface area contributed by atoms with Crippen LogP contribution in [0.15, 0.2) is 0 Å². The summed E-state index contributed by atoms with van der Waals surface area (Å²) in [4.78, 5) is 0. The lowest BCUT2D eigenvalue weighted by Gasteiger charge is -2.26. The molecule has 0 spiro atoms. The highest BCUT2D eigenvalue weighted by atomic mass is 15.0. The van der Waals surface area contributed by atoms with E-state index in [1.54, 1.807) is 0 Å². The van der Waals surface area contributed by atoms with E-state index in [-0.39, 0.29) is 0 Å². The maximum absolute atomic E-state index is 3.28. The molecule has 1 fully saturated rings. The first-order chi connectivity index (χ1) is 3.43. The van der Waals surface area contributed by atoms with Gasteiger partial charge in [0.25, 0.3) is 0 Å². The van der Waals surface area contributed by atoms with Crippen molar-refractivity contribution in [3.8, 4) is 0 Å². The molecule has 1 unspecified atom stereocenters. The molecule has 1 atom stereocenters. The Balaban J connectivity index is 1.93. The van der Waals surface area contributed by atoms with Crippen molar-refractivity contribution in [2.75, 3.05) is 20.1 Å². The summed E-state index contributed by atoms with van der Waals surface area (Å²) in [6.45, 7) is 2.34. The predicted molar refractivity (Wildman–Crippen MR) is 30.3 cm³/mol. The van der Waals surface area contributed by atoms with Gasteiger partial charge >= 0.3 is 0 Å². The lowest BCUT2D eigenvalue weighted by molar-refractivity contribution is 0.362. The Labute approximate surface area is 44.3 Å². The summed E-state index contributed by atoms with van der Waals surface area (Å²) in [5.74, 6) is 0. The molecular weight excluding hydrogens is 88.1 g/mol. The van der Waals surface area contributed by atoms with Gasteiger partial charge in [-0.1, -0.05) is 0 Å². The summed E-state index contributed by atoms with van der Waals surface area (Å²) in [6.07, 6.45) is 1.35. The zero-order valence-corrected chi connectivity index (χ0v) is 4.70. The van der Waals surface area contributed by atoms with Crippen LogP contribution in [0.4, 0.5) is 0 Å². The second-order valence-corrected chi connectivity index (χ2v) is 2.00. The average molecular weight is 100 g/mol. The quantitative estimate of drug-likeness (QED) is 0.492. The minimum Gasteiger partial charge on any atom is -0.318 e. The molecule has 7 heavy (non-hydrogen) atoms. The first-order valence-electron chi connectivity index (χ1n) is 2.81. The van der Waals surface area contributed by atoms with Crippen molar-refractivity contribution >= 4 is 0 Å². The zero-order valence-electron chi connectivity index (χ0n) is 4.70. The van der Waals surface area contributed by atoms with Crippen LogP contribution >= 0.6 is 0 Å². The van der Waals surface area contributed by atoms with E-state index in [0.717, 1.165) is 12.6 Å². The Hall–Kier alpha value is -0.0800. The topological polar surface area (TPSA) is 24.1 Å². The van der Waals surface area contributed by atoms with Crippen LogP contribution in [0.3, 0.4) is 0 Å². The van der Waals surface area contributed by atoms with Crippen LogP contribution < -0.4 is 10.6 Å². The molecule has 1 heterocycles. The van der Waals surface area contributed by atoms with Crippen LogP contribution in [0.2, 0.25) is 0 Å². The third kappa shape index (κ3) is 1.14. The van der Waals surface area contributed by atoms with Crippen molar-refractivity contribution in [3.63, 3.8) is 0 Å². The molecule has 1 rings (SSSR count). The zero-order chi connectivity index (χ0) is 5.11. The van der Waals surface area contributed by atoms with E-state index < -0.39 is 0 Å². The van der Waals surface area contributed by atoms with E-state index >= 15 is 0 Å². The van der Waals surface area contributed by atoms with E-state index in [2.05, 4.69) is 10.6 Å². The van der Waals surface area contributed by atoms with Crippen molar-refractivity contribution in [3.05, 3.63) is 0 Å². The van der Waals surface area contributed by atoms with Gasteiger partial charge in [0.15, 0.2) is 0 Å². The molecule has 1 aliphatic heterocycles. The Morgan fingerprint density at radius 1 is 1.86 bits per heavy atom. The van der Waals surface area contributed by atoms with E-state index in [9.17, 15) is 0 Å². The van der Waals surface area contributed by atoms with Gasteiger partial charge in [0, 0.05) is 12.6 Å². The molecule has 1 aliphatic rings. The van der Waals surface area contributed by atoms with Crippen molar-refractivity contribution in [2.45, 2.75) is 12.5 Å².